The van der Waals surface area contributed by atoms with E-state index in [1.807, 2.05) is 30.3 Å². The van der Waals surface area contributed by atoms with Crippen LogP contribution in [0.4, 0.5) is 5.69 Å². The maximum atomic E-state index is 13.8. The number of ketones is 2. The molecule has 1 spiro atoms. The van der Waals surface area contributed by atoms with E-state index in [2.05, 4.69) is 33.5 Å². The van der Waals surface area contributed by atoms with Gasteiger partial charge in [0, 0.05) is 24.3 Å². The van der Waals surface area contributed by atoms with Gasteiger partial charge in [-0.15, -0.1) is 0 Å². The van der Waals surface area contributed by atoms with Crippen molar-refractivity contribution in [2.75, 3.05) is 13.6 Å². The number of hydrogen-bond acceptors (Lipinski definition) is 9. The monoisotopic (exact) mass is 568 g/mol. The predicted octanol–water partition coefficient (Wildman–Crippen LogP) is 4.76. The number of para-hydroxylation sites is 1. The molecule has 1 aliphatic heterocycles. The van der Waals surface area contributed by atoms with E-state index in [9.17, 15) is 9.59 Å². The van der Waals surface area contributed by atoms with Crippen LogP contribution in [0.5, 0.6) is 5.88 Å². The highest BCUT2D eigenvalue weighted by Gasteiger charge is 2.49. The molecule has 0 amide bonds. The first-order chi connectivity index (χ1) is 20.3. The number of carbonyl (C=O) groups is 2. The summed E-state index contributed by atoms with van der Waals surface area (Å²) >= 11 is 0. The Morgan fingerprint density at radius 1 is 1.12 bits per heavy atom. The van der Waals surface area contributed by atoms with Crippen LogP contribution in [0.25, 0.3) is 11.4 Å². The molecule has 1 saturated heterocycles. The molecule has 0 radical (unpaired) electrons. The molecule has 3 atom stereocenters. The fourth-order valence-electron chi connectivity index (χ4n) is 6.40. The van der Waals surface area contributed by atoms with Crippen LogP contribution in [-0.4, -0.2) is 58.4 Å². The molecule has 220 valence electrons. The molecule has 0 unspecified atom stereocenters. The summed E-state index contributed by atoms with van der Waals surface area (Å²) in [5, 5.41) is 0. The van der Waals surface area contributed by atoms with Crippen molar-refractivity contribution in [1.29, 1.82) is 0 Å². The number of ether oxygens (including phenoxy) is 1. The molecular formula is C33H40N6O3. The first kappa shape index (κ1) is 29.4. The average molecular weight is 569 g/mol. The van der Waals surface area contributed by atoms with Gasteiger partial charge in [0.2, 0.25) is 5.88 Å². The van der Waals surface area contributed by atoms with Crippen molar-refractivity contribution < 1.29 is 14.3 Å². The molecule has 4 N–H and O–H groups in total. The third-order valence-electron chi connectivity index (χ3n) is 8.77. The van der Waals surface area contributed by atoms with Crippen molar-refractivity contribution in [3.05, 3.63) is 72.2 Å². The van der Waals surface area contributed by atoms with E-state index >= 15 is 0 Å². The van der Waals surface area contributed by atoms with Gasteiger partial charge >= 0.3 is 0 Å². The second kappa shape index (κ2) is 12.8. The molecule has 5 rings (SSSR count). The number of nitrogens with zero attached hydrogens (tertiary/aromatic N) is 4. The zero-order valence-electron chi connectivity index (χ0n) is 24.3. The lowest BCUT2D eigenvalue weighted by Gasteiger charge is -2.38. The Labute approximate surface area is 247 Å². The van der Waals surface area contributed by atoms with Gasteiger partial charge in [-0.2, -0.15) is 4.98 Å². The summed E-state index contributed by atoms with van der Waals surface area (Å²) in [7, 11) is 2.07. The molecule has 42 heavy (non-hydrogen) atoms. The minimum absolute atomic E-state index is 0.0295. The molecule has 2 saturated carbocycles. The van der Waals surface area contributed by atoms with Crippen LogP contribution in [0.3, 0.4) is 0 Å². The van der Waals surface area contributed by atoms with Crippen molar-refractivity contribution in [3.8, 4) is 5.88 Å². The molecule has 0 bridgehead atoms. The number of likely N-dealkylation sites (N-methyl/N-ethyl adjacent to an activating group) is 1. The Morgan fingerprint density at radius 3 is 2.62 bits per heavy atom. The molecule has 9 nitrogen and oxygen atoms in total. The van der Waals surface area contributed by atoms with Gasteiger partial charge in [0.05, 0.1) is 34.2 Å². The van der Waals surface area contributed by atoms with Gasteiger partial charge in [-0.25, -0.2) is 4.98 Å². The molecule has 2 heterocycles. The molecule has 3 fully saturated rings. The van der Waals surface area contributed by atoms with Gasteiger partial charge in [-0.3, -0.25) is 19.5 Å². The number of rotatable bonds is 8. The summed E-state index contributed by atoms with van der Waals surface area (Å²) in [6, 6.07) is 11.4. The van der Waals surface area contributed by atoms with Crippen LogP contribution in [0.15, 0.2) is 65.7 Å². The van der Waals surface area contributed by atoms with E-state index in [0.29, 0.717) is 49.1 Å². The number of allylic oxidation sites excluding steroid dienone is 2. The van der Waals surface area contributed by atoms with Crippen molar-refractivity contribution in [3.63, 3.8) is 0 Å². The van der Waals surface area contributed by atoms with Crippen molar-refractivity contribution in [2.45, 2.75) is 69.9 Å². The van der Waals surface area contributed by atoms with E-state index < -0.39 is 5.41 Å². The van der Waals surface area contributed by atoms with E-state index in [1.165, 1.54) is 0 Å². The Kier molecular flexibility index (Phi) is 8.97. The average Bonchev–Trinajstić information content (AvgIpc) is 3.44. The van der Waals surface area contributed by atoms with Crippen LogP contribution in [0.1, 0.15) is 69.3 Å². The van der Waals surface area contributed by atoms with Gasteiger partial charge in [0.15, 0.2) is 11.6 Å². The summed E-state index contributed by atoms with van der Waals surface area (Å²) in [6.07, 6.45) is 11.2. The standard InChI is InChI=1S/C33H40N6O3/c1-3-27(26-14-10-20-39(26)2)42-29-21-25(24(34)16-19-36-22-11-5-4-6-12-22)37-32(38-29)30(35)23-13-9-18-33(31(23)41)17-8-7-15-28(33)40/h3-6,11-12,16,19,21,26-27H,1,7-10,13-15,17-18,20,34-35H2,2H3/b24-16-,30-23?,36-19?/t26-,27-,33+/m0/s1. The van der Waals surface area contributed by atoms with Gasteiger partial charge in [-0.05, 0) is 82.8 Å². The van der Waals surface area contributed by atoms with Gasteiger partial charge in [0.25, 0.3) is 0 Å². The number of nitrogens with two attached hydrogens (primary N) is 2. The topological polar surface area (TPSA) is 137 Å². The van der Waals surface area contributed by atoms with Crippen LogP contribution < -0.4 is 16.2 Å². The maximum absolute atomic E-state index is 13.8. The number of aromatic nitrogens is 2. The molecule has 2 aliphatic carbocycles. The third-order valence-corrected chi connectivity index (χ3v) is 8.77. The SMILES string of the molecule is C=C[C@H](Oc1cc(/C(N)=C/C=Nc2ccccc2)nc(C(N)=C2CCC[C@@]3(CCCCC3=O)C2=O)n1)[C@@H]1CCCN1C. The van der Waals surface area contributed by atoms with Crippen molar-refractivity contribution in [2.24, 2.45) is 21.9 Å². The molecule has 1 aromatic carbocycles. The lowest BCUT2D eigenvalue weighted by atomic mass is 9.62. The second-order valence-corrected chi connectivity index (χ2v) is 11.4. The highest BCUT2D eigenvalue weighted by molar-refractivity contribution is 6.17. The highest BCUT2D eigenvalue weighted by Crippen LogP contribution is 2.45. The maximum Gasteiger partial charge on any atom is 0.218 e. The van der Waals surface area contributed by atoms with Crippen LogP contribution >= 0.6 is 0 Å². The fourth-order valence-corrected chi connectivity index (χ4v) is 6.40. The normalized spacial score (nSPS) is 25.6. The van der Waals surface area contributed by atoms with Gasteiger partial charge < -0.3 is 16.2 Å². The van der Waals surface area contributed by atoms with Crippen LogP contribution in [0, 0.1) is 5.41 Å². The van der Waals surface area contributed by atoms with E-state index in [0.717, 1.165) is 37.9 Å². The number of aliphatic imine (C=N–C) groups is 1. The lowest BCUT2D eigenvalue weighted by Crippen LogP contribution is -2.45. The quantitative estimate of drug-likeness (QED) is 0.201. The summed E-state index contributed by atoms with van der Waals surface area (Å²) in [6.45, 7) is 4.98. The van der Waals surface area contributed by atoms with Crippen molar-refractivity contribution >= 4 is 34.9 Å². The van der Waals surface area contributed by atoms with Gasteiger partial charge in [-0.1, -0.05) is 31.2 Å². The largest absolute Gasteiger partial charge is 0.468 e. The summed E-state index contributed by atoms with van der Waals surface area (Å²) in [5.41, 5.74) is 14.3. The highest BCUT2D eigenvalue weighted by atomic mass is 16.5. The molecule has 3 aliphatic rings. The first-order valence-electron chi connectivity index (χ1n) is 14.8. The molecule has 2 aromatic rings. The Hall–Kier alpha value is -4.11. The number of benzene rings is 1. The Balaban J connectivity index is 1.52. The first-order valence-corrected chi connectivity index (χ1v) is 14.8. The predicted molar refractivity (Wildman–Crippen MR) is 165 cm³/mol. The molecular weight excluding hydrogens is 528 g/mol. The number of likely N-dealkylation sites (tertiary alicyclic amines) is 1. The third kappa shape index (κ3) is 6.06. The van der Waals surface area contributed by atoms with E-state index in [-0.39, 0.29) is 41.1 Å². The lowest BCUT2D eigenvalue weighted by molar-refractivity contribution is -0.143. The minimum atomic E-state index is -0.971. The second-order valence-electron chi connectivity index (χ2n) is 11.4. The number of Topliss-reactive ketones (excluding diaryl/α,β-unsaturated/α-hetero) is 2. The van der Waals surface area contributed by atoms with Crippen molar-refractivity contribution in [1.82, 2.24) is 14.9 Å². The van der Waals surface area contributed by atoms with Crippen LogP contribution in [-0.2, 0) is 9.59 Å². The Bertz CT molecular complexity index is 1430. The summed E-state index contributed by atoms with van der Waals surface area (Å²) < 4.78 is 6.37. The Morgan fingerprint density at radius 2 is 1.90 bits per heavy atom. The van der Waals surface area contributed by atoms with E-state index in [4.69, 9.17) is 16.2 Å². The summed E-state index contributed by atoms with van der Waals surface area (Å²) in [5.74, 6) is 0.293. The van der Waals surface area contributed by atoms with Crippen LogP contribution in [0.2, 0.25) is 0 Å². The van der Waals surface area contributed by atoms with E-state index in [1.54, 1.807) is 24.4 Å². The number of hydrogen-bond donors (Lipinski definition) is 2. The zero-order chi connectivity index (χ0) is 29.7. The minimum Gasteiger partial charge on any atom is -0.468 e. The zero-order valence-corrected chi connectivity index (χ0v) is 24.3. The molecule has 1 aromatic heterocycles. The van der Waals surface area contributed by atoms with Gasteiger partial charge in [0.1, 0.15) is 11.9 Å². The summed E-state index contributed by atoms with van der Waals surface area (Å²) in [4.78, 5) is 42.8. The molecule has 9 heteroatoms. The smallest absolute Gasteiger partial charge is 0.218 e. The fraction of sp³-hybridized carbons (Fsp3) is 0.424. The number of carbonyl (C=O) groups excluding carboxylic acids is 2.